The Balaban J connectivity index is 1.45. The van der Waals surface area contributed by atoms with E-state index in [1.807, 2.05) is 0 Å². The SMILES string of the molecule is c1ccc2c(c1)OC1(CCCCC1)N1N=C(c3ccc4ccccc4c3)CC21. The molecule has 0 amide bonds. The molecule has 2 heterocycles. The molecular formula is C25H24N2O. The lowest BCUT2D eigenvalue weighted by Crippen LogP contribution is -2.54. The van der Waals surface area contributed by atoms with E-state index in [2.05, 4.69) is 71.7 Å². The molecule has 3 aromatic rings. The topological polar surface area (TPSA) is 24.8 Å². The van der Waals surface area contributed by atoms with E-state index in [0.717, 1.165) is 25.0 Å². The maximum absolute atomic E-state index is 6.65. The molecule has 1 spiro atoms. The quantitative estimate of drug-likeness (QED) is 0.523. The molecule has 6 rings (SSSR count). The van der Waals surface area contributed by atoms with E-state index >= 15 is 0 Å². The number of ether oxygens (including phenoxy) is 1. The first kappa shape index (κ1) is 16.2. The van der Waals surface area contributed by atoms with Gasteiger partial charge in [-0.25, -0.2) is 5.01 Å². The number of fused-ring (bicyclic) bond motifs is 5. The van der Waals surface area contributed by atoms with Gasteiger partial charge in [0.2, 0.25) is 0 Å². The molecular weight excluding hydrogens is 344 g/mol. The van der Waals surface area contributed by atoms with Gasteiger partial charge >= 0.3 is 0 Å². The summed E-state index contributed by atoms with van der Waals surface area (Å²) < 4.78 is 6.65. The third-order valence-electron chi connectivity index (χ3n) is 6.62. The van der Waals surface area contributed by atoms with Gasteiger partial charge in [0.1, 0.15) is 5.75 Å². The number of para-hydroxylation sites is 1. The minimum atomic E-state index is -0.268. The fourth-order valence-electron chi connectivity index (χ4n) is 5.21. The molecule has 1 atom stereocenters. The first-order valence-electron chi connectivity index (χ1n) is 10.5. The molecule has 3 nitrogen and oxygen atoms in total. The van der Waals surface area contributed by atoms with Crippen molar-refractivity contribution in [1.29, 1.82) is 0 Å². The number of rotatable bonds is 1. The first-order valence-corrected chi connectivity index (χ1v) is 10.5. The third-order valence-corrected chi connectivity index (χ3v) is 6.62. The van der Waals surface area contributed by atoms with Gasteiger partial charge in [-0.15, -0.1) is 0 Å². The Morgan fingerprint density at radius 1 is 0.857 bits per heavy atom. The van der Waals surface area contributed by atoms with Gasteiger partial charge in [0.15, 0.2) is 5.72 Å². The van der Waals surface area contributed by atoms with Crippen LogP contribution < -0.4 is 4.74 Å². The van der Waals surface area contributed by atoms with Gasteiger partial charge in [-0.2, -0.15) is 5.10 Å². The van der Waals surface area contributed by atoms with Crippen LogP contribution in [0.5, 0.6) is 5.75 Å². The van der Waals surface area contributed by atoms with Gasteiger partial charge < -0.3 is 4.74 Å². The molecule has 1 unspecified atom stereocenters. The van der Waals surface area contributed by atoms with Gasteiger partial charge in [0.05, 0.1) is 11.8 Å². The molecule has 3 aromatic carbocycles. The van der Waals surface area contributed by atoms with Crippen molar-refractivity contribution in [3.63, 3.8) is 0 Å². The predicted molar refractivity (Wildman–Crippen MR) is 113 cm³/mol. The molecule has 1 fully saturated rings. The van der Waals surface area contributed by atoms with Gasteiger partial charge in [-0.05, 0) is 41.3 Å². The Kier molecular flexibility index (Phi) is 3.52. The molecule has 0 saturated heterocycles. The summed E-state index contributed by atoms with van der Waals surface area (Å²) in [5.74, 6) is 1.06. The number of hydrogen-bond acceptors (Lipinski definition) is 3. The second-order valence-electron chi connectivity index (χ2n) is 8.32. The molecule has 140 valence electrons. The maximum Gasteiger partial charge on any atom is 0.198 e. The molecule has 2 aliphatic heterocycles. The maximum atomic E-state index is 6.65. The Bertz CT molecular complexity index is 1080. The fraction of sp³-hybridized carbons (Fsp3) is 0.320. The zero-order valence-corrected chi connectivity index (χ0v) is 16.0. The number of hydrazone groups is 1. The normalized spacial score (nSPS) is 22.5. The molecule has 0 aromatic heterocycles. The fourth-order valence-corrected chi connectivity index (χ4v) is 5.21. The average molecular weight is 368 g/mol. The van der Waals surface area contributed by atoms with Crippen molar-refractivity contribution in [1.82, 2.24) is 5.01 Å². The Hall–Kier alpha value is -2.81. The lowest BCUT2D eigenvalue weighted by atomic mass is 9.86. The van der Waals surface area contributed by atoms with E-state index in [1.54, 1.807) is 0 Å². The summed E-state index contributed by atoms with van der Waals surface area (Å²) in [5.41, 5.74) is 3.42. The van der Waals surface area contributed by atoms with Crippen LogP contribution in [0.2, 0.25) is 0 Å². The average Bonchev–Trinajstić information content (AvgIpc) is 3.21. The van der Waals surface area contributed by atoms with Crippen molar-refractivity contribution < 1.29 is 4.74 Å². The third kappa shape index (κ3) is 2.39. The monoisotopic (exact) mass is 368 g/mol. The zero-order valence-electron chi connectivity index (χ0n) is 16.0. The van der Waals surface area contributed by atoms with Crippen LogP contribution in [0.25, 0.3) is 10.8 Å². The van der Waals surface area contributed by atoms with E-state index in [1.165, 1.54) is 46.9 Å². The van der Waals surface area contributed by atoms with Gasteiger partial charge in [0.25, 0.3) is 0 Å². The molecule has 0 radical (unpaired) electrons. The van der Waals surface area contributed by atoms with Crippen LogP contribution in [-0.2, 0) is 0 Å². The molecule has 28 heavy (non-hydrogen) atoms. The minimum absolute atomic E-state index is 0.268. The van der Waals surface area contributed by atoms with Crippen LogP contribution in [0.15, 0.2) is 71.8 Å². The Morgan fingerprint density at radius 2 is 1.64 bits per heavy atom. The second kappa shape index (κ2) is 6.10. The van der Waals surface area contributed by atoms with Crippen LogP contribution in [0, 0.1) is 0 Å². The first-order chi connectivity index (χ1) is 13.8. The summed E-state index contributed by atoms with van der Waals surface area (Å²) in [6, 6.07) is 24.1. The van der Waals surface area contributed by atoms with E-state index < -0.39 is 0 Å². The van der Waals surface area contributed by atoms with Crippen LogP contribution >= 0.6 is 0 Å². The zero-order chi connectivity index (χ0) is 18.6. The van der Waals surface area contributed by atoms with Crippen molar-refractivity contribution in [3.8, 4) is 5.75 Å². The lowest BCUT2D eigenvalue weighted by Gasteiger charge is -2.49. The van der Waals surface area contributed by atoms with Crippen molar-refractivity contribution >= 4 is 16.5 Å². The van der Waals surface area contributed by atoms with E-state index in [-0.39, 0.29) is 11.8 Å². The van der Waals surface area contributed by atoms with Gasteiger partial charge in [-0.3, -0.25) is 0 Å². The highest BCUT2D eigenvalue weighted by atomic mass is 16.5. The number of nitrogens with zero attached hydrogens (tertiary/aromatic N) is 2. The van der Waals surface area contributed by atoms with Crippen molar-refractivity contribution in [2.75, 3.05) is 0 Å². The van der Waals surface area contributed by atoms with Crippen molar-refractivity contribution in [2.45, 2.75) is 50.3 Å². The van der Waals surface area contributed by atoms with Crippen LogP contribution in [0.3, 0.4) is 0 Å². The summed E-state index contributed by atoms with van der Waals surface area (Å²) in [7, 11) is 0. The molecule has 0 N–H and O–H groups in total. The highest BCUT2D eigenvalue weighted by molar-refractivity contribution is 6.04. The van der Waals surface area contributed by atoms with Crippen molar-refractivity contribution in [3.05, 3.63) is 77.9 Å². The molecule has 3 heteroatoms. The van der Waals surface area contributed by atoms with Crippen LogP contribution in [0.1, 0.15) is 55.7 Å². The Morgan fingerprint density at radius 3 is 2.54 bits per heavy atom. The van der Waals surface area contributed by atoms with E-state index in [4.69, 9.17) is 9.84 Å². The Labute approximate surface area is 165 Å². The smallest absolute Gasteiger partial charge is 0.198 e. The molecule has 1 saturated carbocycles. The second-order valence-corrected chi connectivity index (χ2v) is 8.32. The van der Waals surface area contributed by atoms with E-state index in [9.17, 15) is 0 Å². The summed E-state index contributed by atoms with van der Waals surface area (Å²) >= 11 is 0. The van der Waals surface area contributed by atoms with Gasteiger partial charge in [-0.1, -0.05) is 61.0 Å². The van der Waals surface area contributed by atoms with Crippen molar-refractivity contribution in [2.24, 2.45) is 5.10 Å². The summed E-state index contributed by atoms with van der Waals surface area (Å²) in [5, 5.41) is 10.1. The van der Waals surface area contributed by atoms with Crippen LogP contribution in [-0.4, -0.2) is 16.4 Å². The summed E-state index contributed by atoms with van der Waals surface area (Å²) in [4.78, 5) is 0. The molecule has 3 aliphatic rings. The van der Waals surface area contributed by atoms with Gasteiger partial charge in [0, 0.05) is 24.8 Å². The molecule has 1 aliphatic carbocycles. The lowest BCUT2D eigenvalue weighted by molar-refractivity contribution is -0.140. The number of hydrogen-bond donors (Lipinski definition) is 0. The number of benzene rings is 3. The van der Waals surface area contributed by atoms with E-state index in [0.29, 0.717) is 0 Å². The largest absolute Gasteiger partial charge is 0.466 e. The minimum Gasteiger partial charge on any atom is -0.466 e. The standard InChI is InChI=1S/C25H24N2O/c1-6-14-25(15-7-1)27-23(21-10-4-5-11-24(21)28-25)17-22(26-27)20-13-12-18-8-2-3-9-19(18)16-20/h2-5,8-13,16,23H,1,6-7,14-15,17H2. The van der Waals surface area contributed by atoms with Crippen LogP contribution in [0.4, 0.5) is 0 Å². The molecule has 0 bridgehead atoms. The highest BCUT2D eigenvalue weighted by Gasteiger charge is 2.50. The summed E-state index contributed by atoms with van der Waals surface area (Å²) in [6.07, 6.45) is 6.80. The highest BCUT2D eigenvalue weighted by Crippen LogP contribution is 2.51. The summed E-state index contributed by atoms with van der Waals surface area (Å²) in [6.45, 7) is 0. The predicted octanol–water partition coefficient (Wildman–Crippen LogP) is 6.04.